The van der Waals surface area contributed by atoms with Crippen molar-refractivity contribution in [1.29, 1.82) is 0 Å². The number of aromatic nitrogens is 2. The van der Waals surface area contributed by atoms with Crippen LogP contribution in [0.2, 0.25) is 0 Å². The summed E-state index contributed by atoms with van der Waals surface area (Å²) in [5.74, 6) is 0.163. The van der Waals surface area contributed by atoms with Gasteiger partial charge in [0, 0.05) is 6.20 Å². The Labute approximate surface area is 97.5 Å². The Kier molecular flexibility index (Phi) is 3.41. The second kappa shape index (κ2) is 4.82. The van der Waals surface area contributed by atoms with Crippen LogP contribution >= 0.6 is 0 Å². The number of hydrogen-bond donors (Lipinski definition) is 3. The molecular formula is C10H15N3O4. The number of nitrogens with zero attached hydrogens (tertiary/aromatic N) is 2. The first-order chi connectivity index (χ1) is 8.11. The highest BCUT2D eigenvalue weighted by Gasteiger charge is 2.31. The molecule has 2 heterocycles. The van der Waals surface area contributed by atoms with Crippen molar-refractivity contribution in [2.45, 2.75) is 31.3 Å². The van der Waals surface area contributed by atoms with E-state index in [-0.39, 0.29) is 12.4 Å². The van der Waals surface area contributed by atoms with Crippen molar-refractivity contribution in [3.05, 3.63) is 22.7 Å². The van der Waals surface area contributed by atoms with Gasteiger partial charge < -0.3 is 20.7 Å². The van der Waals surface area contributed by atoms with Crippen LogP contribution in [0.1, 0.15) is 19.1 Å². The smallest absolute Gasteiger partial charge is 0.351 e. The molecule has 1 saturated heterocycles. The molecule has 17 heavy (non-hydrogen) atoms. The molecule has 3 atom stereocenters. The second-order valence-corrected chi connectivity index (χ2v) is 4.00. The van der Waals surface area contributed by atoms with Crippen molar-refractivity contribution >= 4 is 5.82 Å². The summed E-state index contributed by atoms with van der Waals surface area (Å²) in [6, 6.07) is 1.51. The van der Waals surface area contributed by atoms with E-state index in [1.807, 2.05) is 0 Å². The van der Waals surface area contributed by atoms with Crippen LogP contribution in [0.15, 0.2) is 17.1 Å². The molecular weight excluding hydrogens is 226 g/mol. The summed E-state index contributed by atoms with van der Waals surface area (Å²) >= 11 is 0. The number of aliphatic hydroxyl groups is 2. The highest BCUT2D eigenvalue weighted by Crippen LogP contribution is 2.28. The minimum Gasteiger partial charge on any atom is -0.394 e. The minimum atomic E-state index is -0.919. The zero-order valence-corrected chi connectivity index (χ0v) is 9.19. The number of nitrogens with two attached hydrogens (primary N) is 1. The van der Waals surface area contributed by atoms with E-state index in [1.165, 1.54) is 16.8 Å². The van der Waals surface area contributed by atoms with Gasteiger partial charge in [-0.3, -0.25) is 4.57 Å². The predicted octanol–water partition coefficient (Wildman–Crippen LogP) is -1.14. The molecule has 0 unspecified atom stereocenters. The van der Waals surface area contributed by atoms with Crippen molar-refractivity contribution < 1.29 is 14.9 Å². The van der Waals surface area contributed by atoms with E-state index in [2.05, 4.69) is 4.98 Å². The van der Waals surface area contributed by atoms with E-state index >= 15 is 0 Å². The van der Waals surface area contributed by atoms with Crippen molar-refractivity contribution in [2.75, 3.05) is 12.3 Å². The molecule has 0 spiro atoms. The largest absolute Gasteiger partial charge is 0.394 e. The van der Waals surface area contributed by atoms with Crippen molar-refractivity contribution in [1.82, 2.24) is 9.55 Å². The second-order valence-electron chi connectivity index (χ2n) is 4.00. The molecule has 0 bridgehead atoms. The topological polar surface area (TPSA) is 111 Å². The van der Waals surface area contributed by atoms with Gasteiger partial charge in [-0.25, -0.2) is 4.79 Å². The summed E-state index contributed by atoms with van der Waals surface area (Å²) in [6.07, 6.45) is 0.869. The van der Waals surface area contributed by atoms with Crippen LogP contribution in [0.4, 0.5) is 5.82 Å². The summed E-state index contributed by atoms with van der Waals surface area (Å²) in [5.41, 5.74) is 4.91. The van der Waals surface area contributed by atoms with Gasteiger partial charge in [0.1, 0.15) is 18.1 Å². The molecule has 0 saturated carbocycles. The Bertz CT molecular complexity index is 447. The summed E-state index contributed by atoms with van der Waals surface area (Å²) in [7, 11) is 0. The lowest BCUT2D eigenvalue weighted by molar-refractivity contribution is -0.0751. The molecule has 0 aliphatic carbocycles. The van der Waals surface area contributed by atoms with Crippen LogP contribution in [0.5, 0.6) is 0 Å². The monoisotopic (exact) mass is 241 g/mol. The van der Waals surface area contributed by atoms with Gasteiger partial charge in [0.25, 0.3) is 0 Å². The van der Waals surface area contributed by atoms with Crippen LogP contribution in [-0.4, -0.2) is 38.6 Å². The Morgan fingerprint density at radius 1 is 1.65 bits per heavy atom. The first-order valence-electron chi connectivity index (χ1n) is 5.41. The van der Waals surface area contributed by atoms with E-state index < -0.39 is 24.1 Å². The Hall–Kier alpha value is -1.44. The van der Waals surface area contributed by atoms with E-state index in [0.717, 1.165) is 0 Å². The van der Waals surface area contributed by atoms with Crippen molar-refractivity contribution in [3.63, 3.8) is 0 Å². The summed E-state index contributed by atoms with van der Waals surface area (Å²) < 4.78 is 6.83. The number of aliphatic hydroxyl groups excluding tert-OH is 2. The minimum absolute atomic E-state index is 0.163. The van der Waals surface area contributed by atoms with Crippen molar-refractivity contribution in [2.24, 2.45) is 0 Å². The maximum absolute atomic E-state index is 11.6. The Balaban J connectivity index is 2.12. The first kappa shape index (κ1) is 12.0. The summed E-state index contributed by atoms with van der Waals surface area (Å²) in [5, 5.41) is 18.3. The average Bonchev–Trinajstić information content (AvgIpc) is 2.77. The normalized spacial score (nSPS) is 26.0. The third kappa shape index (κ3) is 2.46. The molecule has 4 N–H and O–H groups in total. The SMILES string of the molecule is Nc1ccn([C@H]2CC[C@@H]([C@H](O)CO)O2)c(=O)n1. The van der Waals surface area contributed by atoms with Gasteiger partial charge in [-0.05, 0) is 18.9 Å². The van der Waals surface area contributed by atoms with Gasteiger partial charge in [0.15, 0.2) is 0 Å². The average molecular weight is 241 g/mol. The van der Waals surface area contributed by atoms with Crippen LogP contribution < -0.4 is 11.4 Å². The fraction of sp³-hybridized carbons (Fsp3) is 0.600. The molecule has 1 aromatic heterocycles. The lowest BCUT2D eigenvalue weighted by atomic mass is 10.1. The Morgan fingerprint density at radius 3 is 3.06 bits per heavy atom. The predicted molar refractivity (Wildman–Crippen MR) is 59.1 cm³/mol. The molecule has 1 aromatic rings. The van der Waals surface area contributed by atoms with Gasteiger partial charge in [0.2, 0.25) is 0 Å². The van der Waals surface area contributed by atoms with E-state index in [4.69, 9.17) is 15.6 Å². The van der Waals surface area contributed by atoms with Gasteiger partial charge in [-0.15, -0.1) is 0 Å². The number of nitrogen functional groups attached to an aromatic ring is 1. The standard InChI is InChI=1S/C10H15N3O4/c11-8-3-4-13(10(16)12-8)9-2-1-7(17-9)6(15)5-14/h3-4,6-7,9,14-15H,1-2,5H2,(H2,11,12,16)/t6-,7+,9-/m1/s1. The van der Waals surface area contributed by atoms with Crippen molar-refractivity contribution in [3.8, 4) is 0 Å². The fourth-order valence-corrected chi connectivity index (χ4v) is 1.90. The van der Waals surface area contributed by atoms with Crippen LogP contribution in [0.25, 0.3) is 0 Å². The molecule has 0 radical (unpaired) electrons. The molecule has 0 amide bonds. The Morgan fingerprint density at radius 2 is 2.41 bits per heavy atom. The third-order valence-electron chi connectivity index (χ3n) is 2.81. The zero-order valence-electron chi connectivity index (χ0n) is 9.19. The van der Waals surface area contributed by atoms with Gasteiger partial charge in [-0.1, -0.05) is 0 Å². The summed E-state index contributed by atoms with van der Waals surface area (Å²) in [4.78, 5) is 15.2. The number of rotatable bonds is 3. The van der Waals surface area contributed by atoms with Gasteiger partial charge in [-0.2, -0.15) is 4.98 Å². The van der Waals surface area contributed by atoms with Crippen LogP contribution in [0.3, 0.4) is 0 Å². The van der Waals surface area contributed by atoms with E-state index in [1.54, 1.807) is 0 Å². The maximum Gasteiger partial charge on any atom is 0.351 e. The quantitative estimate of drug-likeness (QED) is 0.616. The first-order valence-corrected chi connectivity index (χ1v) is 5.41. The lowest BCUT2D eigenvalue weighted by Crippen LogP contribution is -2.31. The molecule has 1 aliphatic heterocycles. The number of anilines is 1. The molecule has 0 aromatic carbocycles. The highest BCUT2D eigenvalue weighted by molar-refractivity contribution is 5.23. The molecule has 7 nitrogen and oxygen atoms in total. The van der Waals surface area contributed by atoms with Gasteiger partial charge >= 0.3 is 5.69 Å². The van der Waals surface area contributed by atoms with Crippen LogP contribution in [-0.2, 0) is 4.74 Å². The highest BCUT2D eigenvalue weighted by atomic mass is 16.5. The lowest BCUT2D eigenvalue weighted by Gasteiger charge is -2.18. The molecule has 94 valence electrons. The number of ether oxygens (including phenoxy) is 1. The van der Waals surface area contributed by atoms with E-state index in [0.29, 0.717) is 12.8 Å². The summed E-state index contributed by atoms with van der Waals surface area (Å²) in [6.45, 7) is -0.355. The maximum atomic E-state index is 11.6. The molecule has 7 heteroatoms. The molecule has 1 fully saturated rings. The number of hydrogen-bond acceptors (Lipinski definition) is 6. The molecule has 1 aliphatic rings. The fourth-order valence-electron chi connectivity index (χ4n) is 1.90. The third-order valence-corrected chi connectivity index (χ3v) is 2.81. The van der Waals surface area contributed by atoms with E-state index in [9.17, 15) is 9.90 Å². The molecule has 2 rings (SSSR count). The van der Waals surface area contributed by atoms with Gasteiger partial charge in [0.05, 0.1) is 12.7 Å². The zero-order chi connectivity index (χ0) is 12.4. The van der Waals surface area contributed by atoms with Crippen LogP contribution in [0, 0.1) is 0 Å².